The predicted octanol–water partition coefficient (Wildman–Crippen LogP) is 4.71. The van der Waals surface area contributed by atoms with Gasteiger partial charge in [0.15, 0.2) is 0 Å². The molecular weight excluding hydrogens is 288 g/mol. The van der Waals surface area contributed by atoms with E-state index in [9.17, 15) is 9.90 Å². The Labute approximate surface area is 139 Å². The van der Waals surface area contributed by atoms with Gasteiger partial charge in [0.25, 0.3) is 0 Å². The van der Waals surface area contributed by atoms with Crippen LogP contribution < -0.4 is 0 Å². The molecule has 0 aromatic heterocycles. The smallest absolute Gasteiger partial charge is 0.342 e. The number of hydrogen-bond acceptors (Lipinski definition) is 3. The van der Waals surface area contributed by atoms with Gasteiger partial charge in [-0.15, -0.1) is 0 Å². The second-order valence-electron chi connectivity index (χ2n) is 8.37. The second-order valence-corrected chi connectivity index (χ2v) is 8.37. The van der Waals surface area contributed by atoms with Crippen molar-refractivity contribution in [1.82, 2.24) is 0 Å². The Bertz CT molecular complexity index is 596. The summed E-state index contributed by atoms with van der Waals surface area (Å²) in [5.74, 6) is 0.542. The molecular formula is C20H28O3. The number of allylic oxidation sites excluding steroid dienone is 2. The first-order valence-electron chi connectivity index (χ1n) is 8.71. The van der Waals surface area contributed by atoms with E-state index in [-0.39, 0.29) is 23.7 Å². The number of ether oxygens (including phenoxy) is 1. The van der Waals surface area contributed by atoms with E-state index in [4.69, 9.17) is 4.74 Å². The molecule has 3 heteroatoms. The number of rotatable bonds is 2. The van der Waals surface area contributed by atoms with E-state index >= 15 is 0 Å². The first kappa shape index (κ1) is 16.4. The highest BCUT2D eigenvalue weighted by Gasteiger charge is 2.52. The Hall–Kier alpha value is -1.51. The molecule has 0 bridgehead atoms. The van der Waals surface area contributed by atoms with Gasteiger partial charge in [-0.1, -0.05) is 45.4 Å². The number of hydrogen-bond donors (Lipinski definition) is 1. The fourth-order valence-electron chi connectivity index (χ4n) is 5.33. The molecule has 0 saturated heterocycles. The molecule has 0 radical (unpaired) electrons. The molecule has 3 atom stereocenters. The first-order chi connectivity index (χ1) is 10.8. The molecule has 3 nitrogen and oxygen atoms in total. The zero-order valence-electron chi connectivity index (χ0n) is 14.5. The molecule has 0 unspecified atom stereocenters. The van der Waals surface area contributed by atoms with Gasteiger partial charge >= 0.3 is 5.97 Å². The van der Waals surface area contributed by atoms with Crippen molar-refractivity contribution in [2.24, 2.45) is 22.7 Å². The number of carbonyl (C=O) groups is 1. The Morgan fingerprint density at radius 1 is 1.30 bits per heavy atom. The van der Waals surface area contributed by atoms with Gasteiger partial charge in [0, 0.05) is 5.92 Å². The number of esters is 1. The molecule has 3 aliphatic rings. The van der Waals surface area contributed by atoms with Gasteiger partial charge in [0.05, 0.1) is 0 Å². The lowest BCUT2D eigenvalue weighted by Crippen LogP contribution is -2.48. The van der Waals surface area contributed by atoms with E-state index < -0.39 is 5.97 Å². The third kappa shape index (κ3) is 2.64. The molecule has 2 fully saturated rings. The summed E-state index contributed by atoms with van der Waals surface area (Å²) in [7, 11) is 0. The summed E-state index contributed by atoms with van der Waals surface area (Å²) in [6.45, 7) is 11.5. The maximum absolute atomic E-state index is 11.7. The van der Waals surface area contributed by atoms with Crippen LogP contribution in [0.25, 0.3) is 0 Å². The van der Waals surface area contributed by atoms with E-state index in [0.29, 0.717) is 16.9 Å². The van der Waals surface area contributed by atoms with E-state index in [0.717, 1.165) is 6.42 Å². The fraction of sp³-hybridized carbons (Fsp3) is 0.650. The number of carbonyl (C=O) groups excluding carboxylic acids is 1. The van der Waals surface area contributed by atoms with E-state index in [2.05, 4.69) is 33.4 Å². The fourth-order valence-corrected chi connectivity index (χ4v) is 5.33. The van der Waals surface area contributed by atoms with Crippen molar-refractivity contribution in [2.75, 3.05) is 6.61 Å². The van der Waals surface area contributed by atoms with Gasteiger partial charge in [-0.2, -0.15) is 0 Å². The van der Waals surface area contributed by atoms with Gasteiger partial charge in [0.1, 0.15) is 17.9 Å². The maximum atomic E-state index is 11.7. The van der Waals surface area contributed by atoms with Crippen LogP contribution in [0, 0.1) is 22.7 Å². The zero-order chi connectivity index (χ0) is 16.8. The lowest BCUT2D eigenvalue weighted by Gasteiger charge is -2.57. The van der Waals surface area contributed by atoms with Crippen LogP contribution in [-0.2, 0) is 9.53 Å². The minimum atomic E-state index is -0.425. The molecule has 0 aromatic rings. The molecule has 1 aliphatic heterocycles. The highest BCUT2D eigenvalue weighted by Crippen LogP contribution is 2.61. The third-order valence-electron chi connectivity index (χ3n) is 6.51. The molecule has 0 spiro atoms. The molecule has 23 heavy (non-hydrogen) atoms. The largest absolute Gasteiger partial charge is 0.508 e. The monoisotopic (exact) mass is 316 g/mol. The summed E-state index contributed by atoms with van der Waals surface area (Å²) in [4.78, 5) is 11.7. The van der Waals surface area contributed by atoms with Gasteiger partial charge in [-0.25, -0.2) is 4.79 Å². The van der Waals surface area contributed by atoms with E-state index in [1.165, 1.54) is 31.3 Å². The minimum absolute atomic E-state index is 0.00293. The van der Waals surface area contributed by atoms with Crippen LogP contribution >= 0.6 is 0 Å². The Morgan fingerprint density at radius 3 is 2.70 bits per heavy atom. The summed E-state index contributed by atoms with van der Waals surface area (Å²) in [6.07, 6.45) is 9.84. The third-order valence-corrected chi connectivity index (χ3v) is 6.51. The van der Waals surface area contributed by atoms with Crippen molar-refractivity contribution in [1.29, 1.82) is 0 Å². The molecule has 126 valence electrons. The van der Waals surface area contributed by atoms with Crippen LogP contribution in [0.15, 0.2) is 35.6 Å². The van der Waals surface area contributed by atoms with Crippen molar-refractivity contribution in [3.63, 3.8) is 0 Å². The van der Waals surface area contributed by atoms with Gasteiger partial charge in [-0.3, -0.25) is 0 Å². The van der Waals surface area contributed by atoms with Crippen LogP contribution in [0.4, 0.5) is 0 Å². The van der Waals surface area contributed by atoms with Crippen molar-refractivity contribution >= 4 is 5.97 Å². The predicted molar refractivity (Wildman–Crippen MR) is 90.8 cm³/mol. The molecule has 0 aromatic carbocycles. The van der Waals surface area contributed by atoms with Gasteiger partial charge < -0.3 is 9.84 Å². The molecule has 2 saturated carbocycles. The molecule has 3 rings (SSSR count). The SMILES string of the molecule is C=C1CC[C@H]2C(C)(C)CCC[C@]2(C)[C@H]1/C=C/C1=C(O)COC1=O. The van der Waals surface area contributed by atoms with Crippen molar-refractivity contribution in [3.05, 3.63) is 35.6 Å². The van der Waals surface area contributed by atoms with Crippen LogP contribution in [0.1, 0.15) is 52.9 Å². The minimum Gasteiger partial charge on any atom is -0.508 e. The second kappa shape index (κ2) is 5.54. The molecule has 1 heterocycles. The lowest BCUT2D eigenvalue weighted by atomic mass is 9.47. The normalized spacial score (nSPS) is 37.2. The van der Waals surface area contributed by atoms with Crippen molar-refractivity contribution in [2.45, 2.75) is 52.9 Å². The Morgan fingerprint density at radius 2 is 2.04 bits per heavy atom. The van der Waals surface area contributed by atoms with Gasteiger partial charge in [-0.05, 0) is 48.5 Å². The van der Waals surface area contributed by atoms with Crippen LogP contribution in [-0.4, -0.2) is 17.7 Å². The van der Waals surface area contributed by atoms with Crippen molar-refractivity contribution < 1.29 is 14.6 Å². The Balaban J connectivity index is 1.92. The first-order valence-corrected chi connectivity index (χ1v) is 8.71. The highest BCUT2D eigenvalue weighted by atomic mass is 16.5. The van der Waals surface area contributed by atoms with Crippen LogP contribution in [0.2, 0.25) is 0 Å². The highest BCUT2D eigenvalue weighted by molar-refractivity contribution is 5.94. The number of fused-ring (bicyclic) bond motifs is 1. The summed E-state index contributed by atoms with van der Waals surface area (Å²) >= 11 is 0. The maximum Gasteiger partial charge on any atom is 0.342 e. The number of aliphatic hydroxyl groups is 1. The quantitative estimate of drug-likeness (QED) is 0.593. The molecule has 2 aliphatic carbocycles. The molecule has 0 amide bonds. The average molecular weight is 316 g/mol. The zero-order valence-corrected chi connectivity index (χ0v) is 14.5. The molecule has 1 N–H and O–H groups in total. The van der Waals surface area contributed by atoms with E-state index in [1.807, 2.05) is 0 Å². The number of aliphatic hydroxyl groups excluding tert-OH is 1. The van der Waals surface area contributed by atoms with Crippen LogP contribution in [0.3, 0.4) is 0 Å². The lowest BCUT2D eigenvalue weighted by molar-refractivity contribution is -0.135. The topological polar surface area (TPSA) is 46.5 Å². The van der Waals surface area contributed by atoms with Gasteiger partial charge in [0.2, 0.25) is 0 Å². The van der Waals surface area contributed by atoms with E-state index in [1.54, 1.807) is 6.08 Å². The van der Waals surface area contributed by atoms with Crippen LogP contribution in [0.5, 0.6) is 0 Å². The Kier molecular flexibility index (Phi) is 3.94. The summed E-state index contributed by atoms with van der Waals surface area (Å²) < 4.78 is 4.87. The number of cyclic esters (lactones) is 1. The van der Waals surface area contributed by atoms with Crippen molar-refractivity contribution in [3.8, 4) is 0 Å². The summed E-state index contributed by atoms with van der Waals surface area (Å²) in [5, 5.41) is 9.79. The standard InChI is InChI=1S/C20H28O3/c1-13-6-9-17-19(2,3)10-5-11-20(17,4)15(13)8-7-14-16(21)12-23-18(14)22/h7-8,15,17,21H,1,5-6,9-12H2,2-4H3/b8-7+/t15-,17-,20+/m0/s1. The summed E-state index contributed by atoms with van der Waals surface area (Å²) in [6, 6.07) is 0. The summed E-state index contributed by atoms with van der Waals surface area (Å²) in [5.41, 5.74) is 2.10. The average Bonchev–Trinajstić information content (AvgIpc) is 2.77.